The molecule has 1 aliphatic rings. The maximum atomic E-state index is 13.5. The minimum Gasteiger partial charge on any atom is -0.324 e. The van der Waals surface area contributed by atoms with E-state index in [4.69, 9.17) is 0 Å². The second-order valence-electron chi connectivity index (χ2n) is 8.37. The average molecular weight is 545 g/mol. The predicted molar refractivity (Wildman–Crippen MR) is 136 cm³/mol. The topological polar surface area (TPSA) is 147 Å². The molecular weight excluding hydrogens is 520 g/mol. The minimum absolute atomic E-state index is 0.0167. The van der Waals surface area contributed by atoms with Crippen LogP contribution in [0.4, 0.5) is 11.4 Å². The van der Waals surface area contributed by atoms with E-state index >= 15 is 0 Å². The number of nitro benzene ring substituents is 1. The first-order valence-electron chi connectivity index (χ1n) is 11.2. The molecule has 13 heteroatoms. The lowest BCUT2D eigenvalue weighted by molar-refractivity contribution is -0.384. The average Bonchev–Trinajstić information content (AvgIpc) is 2.90. The number of hydrogen-bond acceptors (Lipinski definition) is 7. The van der Waals surface area contributed by atoms with Crippen LogP contribution in [0, 0.1) is 17.0 Å². The van der Waals surface area contributed by atoms with E-state index in [-0.39, 0.29) is 34.3 Å². The second kappa shape index (κ2) is 10.4. The molecule has 0 aliphatic carbocycles. The molecule has 1 amide bonds. The molecule has 0 unspecified atom stereocenters. The Morgan fingerprint density at radius 2 is 1.46 bits per heavy atom. The first-order valence-corrected chi connectivity index (χ1v) is 14.1. The number of nitrogens with zero attached hydrogens (tertiary/aromatic N) is 3. The van der Waals surface area contributed by atoms with Crippen molar-refractivity contribution in [2.45, 2.75) is 22.8 Å². The Bertz CT molecular complexity index is 1530. The summed E-state index contributed by atoms with van der Waals surface area (Å²) in [5.74, 6) is -0.809. The summed E-state index contributed by atoms with van der Waals surface area (Å²) >= 11 is 0. The summed E-state index contributed by atoms with van der Waals surface area (Å²) in [7, 11) is -8.19. The fraction of sp³-hybridized carbons (Fsp3) is 0.208. The number of non-ortho nitro benzene ring substituents is 1. The molecule has 4 rings (SSSR count). The molecule has 3 aromatic rings. The molecule has 0 bridgehead atoms. The van der Waals surface area contributed by atoms with E-state index in [9.17, 15) is 31.7 Å². The third-order valence-electron chi connectivity index (χ3n) is 6.02. The smallest absolute Gasteiger partial charge is 0.271 e. The molecule has 1 atom stereocenters. The highest BCUT2D eigenvalue weighted by molar-refractivity contribution is 7.89. The van der Waals surface area contributed by atoms with Gasteiger partial charge in [-0.1, -0.05) is 42.5 Å². The maximum Gasteiger partial charge on any atom is 0.271 e. The Hall–Kier alpha value is -3.65. The number of sulfonamides is 2. The molecule has 1 heterocycles. The van der Waals surface area contributed by atoms with Gasteiger partial charge in [-0.3, -0.25) is 14.9 Å². The highest BCUT2D eigenvalue weighted by atomic mass is 32.2. The first-order chi connectivity index (χ1) is 17.5. The Labute approximate surface area is 214 Å². The van der Waals surface area contributed by atoms with Gasteiger partial charge in [-0.15, -0.1) is 0 Å². The van der Waals surface area contributed by atoms with E-state index in [1.54, 1.807) is 43.3 Å². The molecule has 0 radical (unpaired) electrons. The van der Waals surface area contributed by atoms with Gasteiger partial charge in [0.1, 0.15) is 6.04 Å². The zero-order chi connectivity index (χ0) is 26.8. The van der Waals surface area contributed by atoms with E-state index in [0.29, 0.717) is 5.56 Å². The number of nitro groups is 1. The number of benzene rings is 3. The summed E-state index contributed by atoms with van der Waals surface area (Å²) in [5.41, 5.74) is 0.381. The molecule has 11 nitrogen and oxygen atoms in total. The van der Waals surface area contributed by atoms with Gasteiger partial charge >= 0.3 is 0 Å². The molecule has 37 heavy (non-hydrogen) atoms. The third kappa shape index (κ3) is 5.39. The van der Waals surface area contributed by atoms with Crippen molar-refractivity contribution in [3.8, 4) is 0 Å². The lowest BCUT2D eigenvalue weighted by Gasteiger charge is -2.39. The number of nitrogens with one attached hydrogen (secondary N) is 1. The summed E-state index contributed by atoms with van der Waals surface area (Å²) in [6, 6.07) is 17.6. The SMILES string of the molecule is Cc1ccc([N+](=O)[O-])cc1NC(=O)[C@@H]1CN(S(=O)(=O)c2ccccc2)CCN1S(=O)(=O)c1ccccc1. The van der Waals surface area contributed by atoms with Crippen molar-refractivity contribution in [2.24, 2.45) is 0 Å². The number of piperazine rings is 1. The molecule has 1 N–H and O–H groups in total. The van der Waals surface area contributed by atoms with Crippen LogP contribution in [0.3, 0.4) is 0 Å². The number of carbonyl (C=O) groups is 1. The van der Waals surface area contributed by atoms with Crippen molar-refractivity contribution < 1.29 is 26.6 Å². The number of rotatable bonds is 7. The van der Waals surface area contributed by atoms with E-state index in [1.165, 1.54) is 42.5 Å². The summed E-state index contributed by atoms with van der Waals surface area (Å²) in [4.78, 5) is 24.1. The number of hydrogen-bond donors (Lipinski definition) is 1. The molecule has 0 aromatic heterocycles. The summed E-state index contributed by atoms with van der Waals surface area (Å²) in [6.07, 6.45) is 0. The van der Waals surface area contributed by atoms with Crippen LogP contribution in [0.1, 0.15) is 5.56 Å². The Kier molecular flexibility index (Phi) is 7.41. The molecule has 3 aromatic carbocycles. The number of anilines is 1. The van der Waals surface area contributed by atoms with Gasteiger partial charge in [0, 0.05) is 31.8 Å². The van der Waals surface area contributed by atoms with Gasteiger partial charge in [0.05, 0.1) is 20.4 Å². The highest BCUT2D eigenvalue weighted by Gasteiger charge is 2.43. The third-order valence-corrected chi connectivity index (χ3v) is 9.82. The Balaban J connectivity index is 1.71. The van der Waals surface area contributed by atoms with E-state index in [0.717, 1.165) is 8.61 Å². The van der Waals surface area contributed by atoms with Gasteiger partial charge in [0.15, 0.2) is 0 Å². The van der Waals surface area contributed by atoms with E-state index in [1.807, 2.05) is 0 Å². The van der Waals surface area contributed by atoms with Crippen LogP contribution in [0.15, 0.2) is 88.7 Å². The van der Waals surface area contributed by atoms with Gasteiger partial charge in [0.25, 0.3) is 5.69 Å². The lowest BCUT2D eigenvalue weighted by atomic mass is 10.1. The molecule has 1 aliphatic heterocycles. The van der Waals surface area contributed by atoms with E-state index < -0.39 is 43.5 Å². The van der Waals surface area contributed by atoms with Crippen LogP contribution >= 0.6 is 0 Å². The lowest BCUT2D eigenvalue weighted by Crippen LogP contribution is -2.60. The quantitative estimate of drug-likeness (QED) is 0.355. The summed E-state index contributed by atoms with van der Waals surface area (Å²) < 4.78 is 55.5. The fourth-order valence-corrected chi connectivity index (χ4v) is 7.05. The van der Waals surface area contributed by atoms with Crippen LogP contribution < -0.4 is 5.32 Å². The summed E-state index contributed by atoms with van der Waals surface area (Å²) in [6.45, 7) is 0.756. The van der Waals surface area contributed by atoms with Crippen LogP contribution in [0.5, 0.6) is 0 Å². The van der Waals surface area contributed by atoms with Crippen molar-refractivity contribution in [3.05, 3.63) is 94.5 Å². The number of aryl methyl sites for hydroxylation is 1. The number of amides is 1. The Morgan fingerprint density at radius 3 is 2.03 bits per heavy atom. The van der Waals surface area contributed by atoms with Crippen molar-refractivity contribution in [1.82, 2.24) is 8.61 Å². The fourth-order valence-electron chi connectivity index (χ4n) is 4.00. The minimum atomic E-state index is -4.17. The molecule has 1 fully saturated rings. The van der Waals surface area contributed by atoms with Crippen molar-refractivity contribution in [1.29, 1.82) is 0 Å². The molecule has 1 saturated heterocycles. The largest absolute Gasteiger partial charge is 0.324 e. The van der Waals surface area contributed by atoms with Crippen LogP contribution in [0.25, 0.3) is 0 Å². The van der Waals surface area contributed by atoms with Gasteiger partial charge in [0.2, 0.25) is 26.0 Å². The molecule has 0 spiro atoms. The predicted octanol–water partition coefficient (Wildman–Crippen LogP) is 2.61. The van der Waals surface area contributed by atoms with Crippen LogP contribution in [-0.2, 0) is 24.8 Å². The normalized spacial score (nSPS) is 17.3. The van der Waals surface area contributed by atoms with Crippen molar-refractivity contribution in [3.63, 3.8) is 0 Å². The Morgan fingerprint density at radius 1 is 0.892 bits per heavy atom. The zero-order valence-corrected chi connectivity index (χ0v) is 21.4. The molecular formula is C24H24N4O7S2. The van der Waals surface area contributed by atoms with Crippen LogP contribution in [-0.4, -0.2) is 62.0 Å². The zero-order valence-electron chi connectivity index (χ0n) is 19.7. The van der Waals surface area contributed by atoms with Crippen LogP contribution in [0.2, 0.25) is 0 Å². The second-order valence-corrected chi connectivity index (χ2v) is 12.2. The van der Waals surface area contributed by atoms with Gasteiger partial charge in [-0.25, -0.2) is 16.8 Å². The van der Waals surface area contributed by atoms with Gasteiger partial charge in [-0.05, 0) is 36.8 Å². The maximum absolute atomic E-state index is 13.5. The first kappa shape index (κ1) is 26.4. The van der Waals surface area contributed by atoms with Crippen molar-refractivity contribution >= 4 is 37.3 Å². The highest BCUT2D eigenvalue weighted by Crippen LogP contribution is 2.27. The van der Waals surface area contributed by atoms with Gasteiger partial charge in [-0.2, -0.15) is 8.61 Å². The molecule has 194 valence electrons. The summed E-state index contributed by atoms with van der Waals surface area (Å²) in [5, 5.41) is 13.8. The standard InChI is InChI=1S/C24H24N4O7S2/c1-18-12-13-19(28(30)31)16-22(18)25-24(29)23-17-26(36(32,33)20-8-4-2-5-9-20)14-15-27(23)37(34,35)21-10-6-3-7-11-21/h2-13,16,23H,14-15,17H2,1H3,(H,25,29)/t23-/m0/s1. The van der Waals surface area contributed by atoms with Crippen molar-refractivity contribution in [2.75, 3.05) is 25.0 Å². The molecule has 0 saturated carbocycles. The van der Waals surface area contributed by atoms with E-state index in [2.05, 4.69) is 5.32 Å². The monoisotopic (exact) mass is 544 g/mol. The van der Waals surface area contributed by atoms with Gasteiger partial charge < -0.3 is 5.32 Å². The number of carbonyl (C=O) groups excluding carboxylic acids is 1.